The summed E-state index contributed by atoms with van der Waals surface area (Å²) < 4.78 is 53.2. The zero-order chi connectivity index (χ0) is 26.9. The van der Waals surface area contributed by atoms with Crippen LogP contribution in [0.15, 0.2) is 54.6 Å². The number of nitrogens with zero attached hydrogens (tertiary/aromatic N) is 2. The number of methoxy groups -OCH3 is 1. The summed E-state index contributed by atoms with van der Waals surface area (Å²) in [4.78, 5) is 6.96. The summed E-state index contributed by atoms with van der Waals surface area (Å²) >= 11 is 0. The van der Waals surface area contributed by atoms with Crippen LogP contribution in [0.4, 0.5) is 18.9 Å². The molecule has 0 radical (unpaired) electrons. The van der Waals surface area contributed by atoms with Gasteiger partial charge in [0.05, 0.1) is 30.8 Å². The van der Waals surface area contributed by atoms with Crippen LogP contribution in [-0.4, -0.2) is 38.3 Å². The van der Waals surface area contributed by atoms with Crippen molar-refractivity contribution in [2.24, 2.45) is 5.92 Å². The summed E-state index contributed by atoms with van der Waals surface area (Å²) in [6, 6.07) is 16.7. The standard InChI is InChI=1S/C30H34F3N3O2/c1-4-20-18-36(25-10-8-12-27(37-3)28(25)30(31,32)33)16-15-29(20)19-34-17-24-22(29)13-14-23(35-24)21-9-6-7-11-26(21)38-5-2/h6-14,20,34H,4-5,15-19H2,1-3H3/t20-,29+/m1/s1. The van der Waals surface area contributed by atoms with Crippen molar-refractivity contribution < 1.29 is 22.6 Å². The molecule has 38 heavy (non-hydrogen) atoms. The fraction of sp³-hybridized carbons (Fsp3) is 0.433. The minimum atomic E-state index is -4.50. The molecule has 2 aromatic carbocycles. The molecule has 1 spiro atoms. The van der Waals surface area contributed by atoms with Crippen molar-refractivity contribution in [2.45, 2.75) is 44.8 Å². The highest BCUT2D eigenvalue weighted by Crippen LogP contribution is 2.48. The molecule has 1 aromatic heterocycles. The molecule has 5 rings (SSSR count). The first-order valence-corrected chi connectivity index (χ1v) is 13.2. The van der Waals surface area contributed by atoms with Crippen LogP contribution < -0.4 is 19.7 Å². The first kappa shape index (κ1) is 26.4. The molecular weight excluding hydrogens is 491 g/mol. The number of anilines is 1. The molecule has 1 saturated heterocycles. The van der Waals surface area contributed by atoms with Gasteiger partial charge in [-0.3, -0.25) is 4.98 Å². The van der Waals surface area contributed by atoms with E-state index in [-0.39, 0.29) is 22.8 Å². The van der Waals surface area contributed by atoms with Crippen LogP contribution in [0.5, 0.6) is 11.5 Å². The molecule has 0 unspecified atom stereocenters. The van der Waals surface area contributed by atoms with Crippen LogP contribution >= 0.6 is 0 Å². The van der Waals surface area contributed by atoms with Gasteiger partial charge in [-0.1, -0.05) is 37.6 Å². The van der Waals surface area contributed by atoms with E-state index < -0.39 is 11.7 Å². The van der Waals surface area contributed by atoms with Gasteiger partial charge in [0.2, 0.25) is 0 Å². The molecule has 3 heterocycles. The molecule has 1 fully saturated rings. The maximum Gasteiger partial charge on any atom is 0.421 e. The number of pyridine rings is 1. The number of benzene rings is 2. The summed E-state index contributed by atoms with van der Waals surface area (Å²) in [7, 11) is 1.28. The van der Waals surface area contributed by atoms with Gasteiger partial charge in [-0.05, 0) is 55.2 Å². The average molecular weight is 526 g/mol. The van der Waals surface area contributed by atoms with Crippen molar-refractivity contribution in [3.05, 3.63) is 71.4 Å². The SMILES string of the molecule is CCOc1ccccc1-c1ccc2c(n1)CNC[C@]21CCN(c2cccc(OC)c2C(F)(F)F)C[C@H]1CC. The summed E-state index contributed by atoms with van der Waals surface area (Å²) in [5, 5.41) is 3.58. The lowest BCUT2D eigenvalue weighted by molar-refractivity contribution is -0.138. The van der Waals surface area contributed by atoms with Crippen molar-refractivity contribution >= 4 is 5.69 Å². The summed E-state index contributed by atoms with van der Waals surface area (Å²) in [6.45, 7) is 7.16. The third-order valence-corrected chi connectivity index (χ3v) is 8.10. The molecule has 2 aliphatic heterocycles. The van der Waals surface area contributed by atoms with Crippen molar-refractivity contribution in [1.82, 2.24) is 10.3 Å². The lowest BCUT2D eigenvalue weighted by Crippen LogP contribution is -2.57. The van der Waals surface area contributed by atoms with Gasteiger partial charge in [-0.25, -0.2) is 0 Å². The minimum absolute atomic E-state index is 0.142. The molecule has 0 amide bonds. The molecular formula is C30H34F3N3O2. The Hall–Kier alpha value is -3.26. The predicted molar refractivity (Wildman–Crippen MR) is 143 cm³/mol. The van der Waals surface area contributed by atoms with Gasteiger partial charge in [-0.2, -0.15) is 13.2 Å². The van der Waals surface area contributed by atoms with E-state index in [4.69, 9.17) is 14.5 Å². The lowest BCUT2D eigenvalue weighted by atomic mass is 9.63. The Balaban J connectivity index is 1.50. The van der Waals surface area contributed by atoms with E-state index in [0.717, 1.165) is 42.1 Å². The summed E-state index contributed by atoms with van der Waals surface area (Å²) in [5.41, 5.74) is 3.33. The van der Waals surface area contributed by atoms with Crippen molar-refractivity contribution in [3.63, 3.8) is 0 Å². The van der Waals surface area contributed by atoms with Crippen LogP contribution in [0, 0.1) is 5.92 Å². The van der Waals surface area contributed by atoms with Gasteiger partial charge in [0.15, 0.2) is 0 Å². The molecule has 5 nitrogen and oxygen atoms in total. The lowest BCUT2D eigenvalue weighted by Gasteiger charge is -2.51. The third kappa shape index (κ3) is 4.59. The van der Waals surface area contributed by atoms with E-state index in [1.54, 1.807) is 12.1 Å². The second-order valence-corrected chi connectivity index (χ2v) is 10.0. The molecule has 0 bridgehead atoms. The minimum Gasteiger partial charge on any atom is -0.496 e. The monoisotopic (exact) mass is 525 g/mol. The fourth-order valence-electron chi connectivity index (χ4n) is 6.33. The van der Waals surface area contributed by atoms with E-state index in [1.807, 2.05) is 36.1 Å². The maximum absolute atomic E-state index is 14.1. The van der Waals surface area contributed by atoms with Gasteiger partial charge >= 0.3 is 6.18 Å². The normalized spacial score (nSPS) is 21.3. The highest BCUT2D eigenvalue weighted by atomic mass is 19.4. The maximum atomic E-state index is 14.1. The van der Waals surface area contributed by atoms with Crippen molar-refractivity contribution in [2.75, 3.05) is 38.3 Å². The van der Waals surface area contributed by atoms with Crippen LogP contribution in [0.25, 0.3) is 11.3 Å². The highest BCUT2D eigenvalue weighted by Gasteiger charge is 2.48. The van der Waals surface area contributed by atoms with Crippen LogP contribution in [0.3, 0.4) is 0 Å². The number of nitrogens with one attached hydrogen (secondary N) is 1. The zero-order valence-corrected chi connectivity index (χ0v) is 22.1. The molecule has 8 heteroatoms. The molecule has 202 valence electrons. The first-order valence-electron chi connectivity index (χ1n) is 13.2. The first-order chi connectivity index (χ1) is 18.3. The van der Waals surface area contributed by atoms with E-state index >= 15 is 0 Å². The Labute approximate surface area is 222 Å². The average Bonchev–Trinajstić information content (AvgIpc) is 2.93. The zero-order valence-electron chi connectivity index (χ0n) is 22.1. The molecule has 0 saturated carbocycles. The Morgan fingerprint density at radius 2 is 1.84 bits per heavy atom. The van der Waals surface area contributed by atoms with E-state index in [0.29, 0.717) is 26.2 Å². The van der Waals surface area contributed by atoms with E-state index in [9.17, 15) is 13.2 Å². The fourth-order valence-corrected chi connectivity index (χ4v) is 6.33. The van der Waals surface area contributed by atoms with Gasteiger partial charge in [-0.15, -0.1) is 0 Å². The number of fused-ring (bicyclic) bond motifs is 2. The molecule has 0 aliphatic carbocycles. The Bertz CT molecular complexity index is 1300. The number of alkyl halides is 3. The number of ether oxygens (including phenoxy) is 2. The number of halogens is 3. The molecule has 3 aromatic rings. The highest BCUT2D eigenvalue weighted by molar-refractivity contribution is 5.68. The summed E-state index contributed by atoms with van der Waals surface area (Å²) in [5.74, 6) is 0.815. The molecule has 2 aliphatic rings. The smallest absolute Gasteiger partial charge is 0.421 e. The number of hydrogen-bond donors (Lipinski definition) is 1. The third-order valence-electron chi connectivity index (χ3n) is 8.10. The second kappa shape index (κ2) is 10.5. The quantitative estimate of drug-likeness (QED) is 0.401. The second-order valence-electron chi connectivity index (χ2n) is 10.0. The van der Waals surface area contributed by atoms with Crippen LogP contribution in [0.1, 0.15) is 43.5 Å². The number of aromatic nitrogens is 1. The number of hydrogen-bond acceptors (Lipinski definition) is 5. The van der Waals surface area contributed by atoms with Gasteiger partial charge < -0.3 is 19.7 Å². The molecule has 2 atom stereocenters. The number of piperidine rings is 1. The van der Waals surface area contributed by atoms with Crippen molar-refractivity contribution in [3.8, 4) is 22.8 Å². The van der Waals surface area contributed by atoms with Gasteiger partial charge in [0.25, 0.3) is 0 Å². The van der Waals surface area contributed by atoms with Crippen LogP contribution in [0.2, 0.25) is 0 Å². The van der Waals surface area contributed by atoms with E-state index in [1.165, 1.54) is 18.7 Å². The molecule has 1 N–H and O–H groups in total. The topological polar surface area (TPSA) is 46.6 Å². The Morgan fingerprint density at radius 1 is 1.05 bits per heavy atom. The summed E-state index contributed by atoms with van der Waals surface area (Å²) in [6.07, 6.45) is -2.93. The Morgan fingerprint density at radius 3 is 2.58 bits per heavy atom. The van der Waals surface area contributed by atoms with Crippen molar-refractivity contribution in [1.29, 1.82) is 0 Å². The van der Waals surface area contributed by atoms with Gasteiger partial charge in [0, 0.05) is 37.2 Å². The largest absolute Gasteiger partial charge is 0.496 e. The number of para-hydroxylation sites is 1. The van der Waals surface area contributed by atoms with E-state index in [2.05, 4.69) is 24.4 Å². The predicted octanol–water partition coefficient (Wildman–Crippen LogP) is 6.45. The van der Waals surface area contributed by atoms with Gasteiger partial charge in [0.1, 0.15) is 17.1 Å². The van der Waals surface area contributed by atoms with Crippen LogP contribution in [-0.2, 0) is 18.1 Å². The Kier molecular flexibility index (Phi) is 7.27. The number of rotatable bonds is 6.